The van der Waals surface area contributed by atoms with Gasteiger partial charge in [0.05, 0.1) is 19.2 Å². The molecule has 0 atom stereocenters. The second-order valence-electron chi connectivity index (χ2n) is 4.45. The lowest BCUT2D eigenvalue weighted by Crippen LogP contribution is -2.36. The first-order chi connectivity index (χ1) is 10.0. The number of benzene rings is 1. The highest BCUT2D eigenvalue weighted by Crippen LogP contribution is 2.14. The lowest BCUT2D eigenvalue weighted by Gasteiger charge is -2.20. The number of carbonyl (C=O) groups is 2. The van der Waals surface area contributed by atoms with Gasteiger partial charge in [-0.3, -0.25) is 9.59 Å². The Balaban J connectivity index is 3.14. The average molecular weight is 288 g/mol. The number of methoxy groups -OCH3 is 1. The minimum absolute atomic E-state index is 0.0798. The van der Waals surface area contributed by atoms with Gasteiger partial charge in [0.1, 0.15) is 6.54 Å². The zero-order valence-corrected chi connectivity index (χ0v) is 12.6. The maximum Gasteiger partial charge on any atom is 0.325 e. The van der Waals surface area contributed by atoms with E-state index in [-0.39, 0.29) is 19.0 Å². The van der Waals surface area contributed by atoms with E-state index in [0.717, 1.165) is 5.56 Å². The minimum Gasteiger partial charge on any atom is -0.468 e. The molecule has 0 heterocycles. The number of aryl methyl sites for hydroxylation is 1. The van der Waals surface area contributed by atoms with Gasteiger partial charge in [-0.25, -0.2) is 0 Å². The van der Waals surface area contributed by atoms with E-state index < -0.39 is 5.97 Å². The van der Waals surface area contributed by atoms with Crippen LogP contribution in [0, 0.1) is 18.8 Å². The molecule has 0 saturated carbocycles. The molecule has 5 heteroatoms. The van der Waals surface area contributed by atoms with Crippen LogP contribution in [0.2, 0.25) is 0 Å². The number of amides is 1. The largest absolute Gasteiger partial charge is 0.468 e. The summed E-state index contributed by atoms with van der Waals surface area (Å²) >= 11 is 0. The Morgan fingerprint density at radius 2 is 2.10 bits per heavy atom. The van der Waals surface area contributed by atoms with Crippen LogP contribution in [-0.2, 0) is 9.53 Å². The van der Waals surface area contributed by atoms with Crippen molar-refractivity contribution in [1.29, 1.82) is 0 Å². The molecular formula is C16H20N2O3. The zero-order valence-electron chi connectivity index (χ0n) is 12.6. The normalized spacial score (nSPS) is 9.52. The Morgan fingerprint density at radius 3 is 2.67 bits per heavy atom. The number of likely N-dealkylation sites (N-methyl/N-ethyl adjacent to an activating group) is 1. The number of hydrogen-bond donors (Lipinski definition) is 1. The molecule has 0 saturated heterocycles. The van der Waals surface area contributed by atoms with Gasteiger partial charge in [-0.2, -0.15) is 0 Å². The smallest absolute Gasteiger partial charge is 0.325 e. The highest BCUT2D eigenvalue weighted by molar-refractivity contribution is 5.98. The van der Waals surface area contributed by atoms with Gasteiger partial charge in [0, 0.05) is 12.1 Å². The number of ether oxygens (including phenoxy) is 1. The van der Waals surface area contributed by atoms with E-state index >= 15 is 0 Å². The molecule has 1 amide bonds. The number of rotatable bonds is 4. The average Bonchev–Trinajstić information content (AvgIpc) is 2.50. The summed E-state index contributed by atoms with van der Waals surface area (Å²) in [6, 6.07) is 5.44. The molecule has 0 unspecified atom stereocenters. The highest BCUT2D eigenvalue weighted by Gasteiger charge is 2.20. The predicted octanol–water partition coefficient (Wildman–Crippen LogP) is 0.940. The molecule has 21 heavy (non-hydrogen) atoms. The van der Waals surface area contributed by atoms with Gasteiger partial charge in [-0.05, 0) is 26.0 Å². The first-order valence-corrected chi connectivity index (χ1v) is 6.69. The van der Waals surface area contributed by atoms with E-state index in [1.807, 2.05) is 19.9 Å². The summed E-state index contributed by atoms with van der Waals surface area (Å²) < 4.78 is 4.61. The summed E-state index contributed by atoms with van der Waals surface area (Å²) in [4.78, 5) is 25.4. The maximum absolute atomic E-state index is 12.6. The lowest BCUT2D eigenvalue weighted by atomic mass is 10.0. The van der Waals surface area contributed by atoms with Crippen LogP contribution in [0.25, 0.3) is 0 Å². The van der Waals surface area contributed by atoms with Crippen LogP contribution in [0.15, 0.2) is 18.2 Å². The topological polar surface area (TPSA) is 72.6 Å². The molecule has 0 aliphatic rings. The Bertz CT molecular complexity index is 585. The molecule has 1 aromatic carbocycles. The summed E-state index contributed by atoms with van der Waals surface area (Å²) in [5, 5.41) is 0. The Morgan fingerprint density at radius 1 is 1.38 bits per heavy atom. The summed E-state index contributed by atoms with van der Waals surface area (Å²) in [7, 11) is 1.30. The third-order valence-corrected chi connectivity index (χ3v) is 2.95. The molecule has 112 valence electrons. The fourth-order valence-electron chi connectivity index (χ4n) is 1.81. The molecule has 2 N–H and O–H groups in total. The van der Waals surface area contributed by atoms with E-state index in [4.69, 9.17) is 5.73 Å². The van der Waals surface area contributed by atoms with Crippen molar-refractivity contribution in [3.05, 3.63) is 34.9 Å². The van der Waals surface area contributed by atoms with Crippen molar-refractivity contribution in [3.8, 4) is 11.8 Å². The Labute approximate surface area is 125 Å². The fraction of sp³-hybridized carbons (Fsp3) is 0.375. The van der Waals surface area contributed by atoms with Crippen molar-refractivity contribution in [2.75, 3.05) is 26.7 Å². The molecule has 0 radical (unpaired) electrons. The molecule has 0 aliphatic heterocycles. The highest BCUT2D eigenvalue weighted by atomic mass is 16.5. The van der Waals surface area contributed by atoms with Gasteiger partial charge in [0.25, 0.3) is 5.91 Å². The third kappa shape index (κ3) is 4.62. The first kappa shape index (κ1) is 16.7. The van der Waals surface area contributed by atoms with Crippen LogP contribution >= 0.6 is 0 Å². The van der Waals surface area contributed by atoms with Crippen LogP contribution in [0.5, 0.6) is 0 Å². The van der Waals surface area contributed by atoms with E-state index in [2.05, 4.69) is 16.6 Å². The van der Waals surface area contributed by atoms with Crippen LogP contribution in [0.3, 0.4) is 0 Å². The maximum atomic E-state index is 12.6. The Kier molecular flexibility index (Phi) is 6.44. The minimum atomic E-state index is -0.451. The third-order valence-electron chi connectivity index (χ3n) is 2.95. The standard InChI is InChI=1S/C16H20N2O3/c1-4-18(11-15(19)21-3)16(20)14-10-12(2)7-8-13(14)6-5-9-17/h7-8,10H,4,9,11,17H2,1-3H3. The van der Waals surface area contributed by atoms with Gasteiger partial charge < -0.3 is 15.4 Å². The SMILES string of the molecule is CCN(CC(=O)OC)C(=O)c1cc(C)ccc1C#CCN. The number of nitrogens with two attached hydrogens (primary N) is 1. The monoisotopic (exact) mass is 288 g/mol. The number of hydrogen-bond acceptors (Lipinski definition) is 4. The fourth-order valence-corrected chi connectivity index (χ4v) is 1.81. The molecule has 0 fully saturated rings. The molecule has 1 rings (SSSR count). The summed E-state index contributed by atoms with van der Waals surface area (Å²) in [6.07, 6.45) is 0. The first-order valence-electron chi connectivity index (χ1n) is 6.69. The predicted molar refractivity (Wildman–Crippen MR) is 80.7 cm³/mol. The Hall–Kier alpha value is -2.32. The molecule has 1 aromatic rings. The van der Waals surface area contributed by atoms with Crippen molar-refractivity contribution in [1.82, 2.24) is 4.90 Å². The van der Waals surface area contributed by atoms with Crippen molar-refractivity contribution in [2.45, 2.75) is 13.8 Å². The van der Waals surface area contributed by atoms with Crippen molar-refractivity contribution in [2.24, 2.45) is 5.73 Å². The van der Waals surface area contributed by atoms with Gasteiger partial charge in [-0.15, -0.1) is 0 Å². The molecule has 0 aliphatic carbocycles. The number of nitrogens with zero attached hydrogens (tertiary/aromatic N) is 1. The van der Waals surface area contributed by atoms with E-state index in [1.54, 1.807) is 12.1 Å². The van der Waals surface area contributed by atoms with Gasteiger partial charge >= 0.3 is 5.97 Å². The van der Waals surface area contributed by atoms with E-state index in [9.17, 15) is 9.59 Å². The van der Waals surface area contributed by atoms with Crippen LogP contribution < -0.4 is 5.73 Å². The second-order valence-corrected chi connectivity index (χ2v) is 4.45. The second kappa shape index (κ2) is 8.08. The zero-order chi connectivity index (χ0) is 15.8. The molecule has 0 bridgehead atoms. The lowest BCUT2D eigenvalue weighted by molar-refractivity contribution is -0.141. The van der Waals surface area contributed by atoms with Crippen molar-refractivity contribution < 1.29 is 14.3 Å². The molecule has 0 aromatic heterocycles. The number of esters is 1. The molecular weight excluding hydrogens is 268 g/mol. The van der Waals surface area contributed by atoms with E-state index in [1.165, 1.54) is 12.0 Å². The van der Waals surface area contributed by atoms with Crippen molar-refractivity contribution in [3.63, 3.8) is 0 Å². The van der Waals surface area contributed by atoms with Crippen LogP contribution in [-0.4, -0.2) is 43.5 Å². The van der Waals surface area contributed by atoms with Crippen LogP contribution in [0.1, 0.15) is 28.4 Å². The number of carbonyl (C=O) groups excluding carboxylic acids is 2. The molecule has 0 spiro atoms. The van der Waals surface area contributed by atoms with Gasteiger partial charge in [-0.1, -0.05) is 23.5 Å². The van der Waals surface area contributed by atoms with Crippen LogP contribution in [0.4, 0.5) is 0 Å². The molecule has 5 nitrogen and oxygen atoms in total. The van der Waals surface area contributed by atoms with E-state index in [0.29, 0.717) is 17.7 Å². The summed E-state index contributed by atoms with van der Waals surface area (Å²) in [5.74, 6) is 4.94. The van der Waals surface area contributed by atoms with Gasteiger partial charge in [0.2, 0.25) is 0 Å². The van der Waals surface area contributed by atoms with Crippen molar-refractivity contribution >= 4 is 11.9 Å². The quantitative estimate of drug-likeness (QED) is 0.661. The van der Waals surface area contributed by atoms with Gasteiger partial charge in [0.15, 0.2) is 0 Å². The summed E-state index contributed by atoms with van der Waals surface area (Å²) in [6.45, 7) is 4.26. The summed E-state index contributed by atoms with van der Waals surface area (Å²) in [5.41, 5.74) is 7.41.